The zero-order valence-corrected chi connectivity index (χ0v) is 15.1. The van der Waals surface area contributed by atoms with E-state index in [2.05, 4.69) is 0 Å². The number of benzene rings is 2. The minimum absolute atomic E-state index is 0.238. The summed E-state index contributed by atoms with van der Waals surface area (Å²) < 4.78 is 5.88. The second-order valence-electron chi connectivity index (χ2n) is 5.38. The molecule has 0 N–H and O–H groups in total. The molecule has 2 aromatic rings. The lowest BCUT2D eigenvalue weighted by Gasteiger charge is -2.10. The molecule has 3 rings (SSSR count). The van der Waals surface area contributed by atoms with Gasteiger partial charge < -0.3 is 4.74 Å². The minimum atomic E-state index is -0.259. The molecule has 0 bridgehead atoms. The molecule has 1 heterocycles. The first-order valence-electron chi connectivity index (χ1n) is 7.80. The van der Waals surface area contributed by atoms with Crippen molar-refractivity contribution >= 4 is 40.6 Å². The molecule has 2 amide bonds. The maximum Gasteiger partial charge on any atom is 0.293 e. The van der Waals surface area contributed by atoms with Gasteiger partial charge in [-0.2, -0.15) is 0 Å². The van der Waals surface area contributed by atoms with E-state index in [4.69, 9.17) is 16.3 Å². The van der Waals surface area contributed by atoms with Gasteiger partial charge in [0.1, 0.15) is 12.4 Å². The van der Waals surface area contributed by atoms with Crippen molar-refractivity contribution in [2.45, 2.75) is 13.5 Å². The zero-order valence-electron chi connectivity index (χ0n) is 13.6. The molecule has 1 saturated heterocycles. The van der Waals surface area contributed by atoms with E-state index in [9.17, 15) is 9.59 Å². The second-order valence-corrected chi connectivity index (χ2v) is 6.81. The molecule has 1 fully saturated rings. The van der Waals surface area contributed by atoms with Crippen molar-refractivity contribution in [2.24, 2.45) is 0 Å². The van der Waals surface area contributed by atoms with Crippen LogP contribution in [0, 0.1) is 0 Å². The van der Waals surface area contributed by atoms with Crippen molar-refractivity contribution in [3.05, 3.63) is 69.6 Å². The summed E-state index contributed by atoms with van der Waals surface area (Å²) in [5, 5.41) is 0.439. The highest BCUT2D eigenvalue weighted by Crippen LogP contribution is 2.33. The lowest BCUT2D eigenvalue weighted by Crippen LogP contribution is -2.27. The van der Waals surface area contributed by atoms with Gasteiger partial charge in [0.05, 0.1) is 4.91 Å². The van der Waals surface area contributed by atoms with Gasteiger partial charge in [0.25, 0.3) is 11.1 Å². The number of imide groups is 1. The maximum atomic E-state index is 12.2. The van der Waals surface area contributed by atoms with Crippen molar-refractivity contribution in [1.29, 1.82) is 0 Å². The Morgan fingerprint density at radius 1 is 1.12 bits per heavy atom. The zero-order chi connectivity index (χ0) is 17.8. The monoisotopic (exact) mass is 373 g/mol. The first kappa shape index (κ1) is 17.6. The van der Waals surface area contributed by atoms with Crippen LogP contribution >= 0.6 is 23.4 Å². The smallest absolute Gasteiger partial charge is 0.293 e. The van der Waals surface area contributed by atoms with Gasteiger partial charge in [0, 0.05) is 17.1 Å². The highest BCUT2D eigenvalue weighted by molar-refractivity contribution is 8.18. The first-order valence-corrected chi connectivity index (χ1v) is 8.99. The summed E-state index contributed by atoms with van der Waals surface area (Å²) in [4.78, 5) is 25.7. The Labute approximate surface area is 155 Å². The van der Waals surface area contributed by atoms with Gasteiger partial charge in [0.15, 0.2) is 0 Å². The third-order valence-electron chi connectivity index (χ3n) is 3.70. The highest BCUT2D eigenvalue weighted by Gasteiger charge is 2.33. The van der Waals surface area contributed by atoms with Gasteiger partial charge >= 0.3 is 0 Å². The molecule has 0 atom stereocenters. The molecule has 0 aromatic heterocycles. The van der Waals surface area contributed by atoms with E-state index < -0.39 is 0 Å². The maximum absolute atomic E-state index is 12.2. The third kappa shape index (κ3) is 4.06. The Morgan fingerprint density at radius 3 is 2.52 bits per heavy atom. The molecule has 2 aromatic carbocycles. The van der Waals surface area contributed by atoms with Crippen LogP contribution in [0.5, 0.6) is 5.75 Å². The average Bonchev–Trinajstić information content (AvgIpc) is 2.88. The topological polar surface area (TPSA) is 46.6 Å². The molecule has 0 spiro atoms. The molecule has 1 aliphatic heterocycles. The van der Waals surface area contributed by atoms with Crippen molar-refractivity contribution < 1.29 is 14.3 Å². The number of carbonyl (C=O) groups excluding carboxylic acids is 2. The molecule has 25 heavy (non-hydrogen) atoms. The number of likely N-dealkylation sites (N-methyl/N-ethyl adjacent to an activating group) is 1. The molecular weight excluding hydrogens is 358 g/mol. The Morgan fingerprint density at radius 2 is 1.84 bits per heavy atom. The Bertz CT molecular complexity index is 833. The normalized spacial score (nSPS) is 15.9. The second kappa shape index (κ2) is 7.76. The fraction of sp³-hybridized carbons (Fsp3) is 0.158. The van der Waals surface area contributed by atoms with Gasteiger partial charge in [0.2, 0.25) is 0 Å². The van der Waals surface area contributed by atoms with E-state index in [1.54, 1.807) is 13.0 Å². The molecule has 0 unspecified atom stereocenters. The average molecular weight is 374 g/mol. The predicted molar refractivity (Wildman–Crippen MR) is 101 cm³/mol. The van der Waals surface area contributed by atoms with Crippen molar-refractivity contribution in [1.82, 2.24) is 4.90 Å². The lowest BCUT2D eigenvalue weighted by molar-refractivity contribution is -0.122. The molecule has 1 aliphatic rings. The molecule has 128 valence electrons. The number of para-hydroxylation sites is 1. The summed E-state index contributed by atoms with van der Waals surface area (Å²) in [5.41, 5.74) is 1.75. The van der Waals surface area contributed by atoms with E-state index in [-0.39, 0.29) is 11.1 Å². The number of thioether (sulfide) groups is 1. The number of halogens is 1. The summed E-state index contributed by atoms with van der Waals surface area (Å²) in [7, 11) is 0. The minimum Gasteiger partial charge on any atom is -0.488 e. The number of amides is 2. The van der Waals surface area contributed by atoms with Gasteiger partial charge in [-0.15, -0.1) is 0 Å². The van der Waals surface area contributed by atoms with E-state index in [1.807, 2.05) is 48.5 Å². The Kier molecular flexibility index (Phi) is 5.46. The van der Waals surface area contributed by atoms with Crippen LogP contribution in [0.4, 0.5) is 4.79 Å². The summed E-state index contributed by atoms with van der Waals surface area (Å²) in [6.07, 6.45) is 1.71. The third-order valence-corrected chi connectivity index (χ3v) is 4.86. The van der Waals surface area contributed by atoms with E-state index in [1.165, 1.54) is 4.90 Å². The summed E-state index contributed by atoms with van der Waals surface area (Å²) in [6, 6.07) is 14.9. The van der Waals surface area contributed by atoms with Crippen LogP contribution in [0.1, 0.15) is 18.1 Å². The molecule has 6 heteroatoms. The van der Waals surface area contributed by atoms with Crippen LogP contribution < -0.4 is 4.74 Å². The van der Waals surface area contributed by atoms with E-state index in [0.717, 1.165) is 22.9 Å². The Hall–Kier alpha value is -2.24. The van der Waals surface area contributed by atoms with Gasteiger partial charge in [-0.05, 0) is 48.5 Å². The molecular formula is C19H16ClNO3S. The van der Waals surface area contributed by atoms with Crippen LogP contribution in [0.2, 0.25) is 5.02 Å². The van der Waals surface area contributed by atoms with E-state index >= 15 is 0 Å². The van der Waals surface area contributed by atoms with Crippen LogP contribution in [0.15, 0.2) is 53.4 Å². The SMILES string of the molecule is CCN1C(=O)S/C(=C/c2ccccc2OCc2ccc(Cl)cc2)C1=O. The number of rotatable bonds is 5. The molecule has 0 saturated carbocycles. The van der Waals surface area contributed by atoms with Crippen LogP contribution in [-0.4, -0.2) is 22.6 Å². The van der Waals surface area contributed by atoms with Crippen LogP contribution in [-0.2, 0) is 11.4 Å². The Balaban J connectivity index is 1.79. The summed E-state index contributed by atoms with van der Waals surface area (Å²) in [5.74, 6) is 0.394. The predicted octanol–water partition coefficient (Wildman–Crippen LogP) is 4.98. The molecule has 0 radical (unpaired) electrons. The number of carbonyl (C=O) groups is 2. The standard InChI is InChI=1S/C19H16ClNO3S/c1-2-21-18(22)17(25-19(21)23)11-14-5-3-4-6-16(14)24-12-13-7-9-15(20)10-8-13/h3-11H,2,12H2,1H3/b17-11+. The summed E-state index contributed by atoms with van der Waals surface area (Å²) in [6.45, 7) is 2.54. The summed E-state index contributed by atoms with van der Waals surface area (Å²) >= 11 is 6.84. The fourth-order valence-corrected chi connectivity index (χ4v) is 3.41. The van der Waals surface area contributed by atoms with Gasteiger partial charge in [-0.25, -0.2) is 0 Å². The van der Waals surface area contributed by atoms with E-state index in [0.29, 0.717) is 28.8 Å². The first-order chi connectivity index (χ1) is 12.1. The van der Waals surface area contributed by atoms with Crippen molar-refractivity contribution in [3.63, 3.8) is 0 Å². The van der Waals surface area contributed by atoms with Crippen LogP contribution in [0.25, 0.3) is 6.08 Å². The van der Waals surface area contributed by atoms with Crippen LogP contribution in [0.3, 0.4) is 0 Å². The number of ether oxygens (including phenoxy) is 1. The molecule has 0 aliphatic carbocycles. The quantitative estimate of drug-likeness (QED) is 0.694. The van der Waals surface area contributed by atoms with Gasteiger partial charge in [-0.1, -0.05) is 41.9 Å². The largest absolute Gasteiger partial charge is 0.488 e. The number of nitrogens with zero attached hydrogens (tertiary/aromatic N) is 1. The number of hydrogen-bond acceptors (Lipinski definition) is 4. The van der Waals surface area contributed by atoms with Crippen molar-refractivity contribution in [2.75, 3.05) is 6.54 Å². The number of hydrogen-bond donors (Lipinski definition) is 0. The fourth-order valence-electron chi connectivity index (χ4n) is 2.39. The van der Waals surface area contributed by atoms with Gasteiger partial charge in [-0.3, -0.25) is 14.5 Å². The van der Waals surface area contributed by atoms with Crippen molar-refractivity contribution in [3.8, 4) is 5.75 Å². The highest BCUT2D eigenvalue weighted by atomic mass is 35.5. The lowest BCUT2D eigenvalue weighted by atomic mass is 10.1. The molecule has 4 nitrogen and oxygen atoms in total.